The van der Waals surface area contributed by atoms with Gasteiger partial charge in [0.2, 0.25) is 17.4 Å². The highest BCUT2D eigenvalue weighted by molar-refractivity contribution is 6.32. The van der Waals surface area contributed by atoms with Crippen molar-refractivity contribution in [2.24, 2.45) is 0 Å². The molecule has 1 aliphatic carbocycles. The van der Waals surface area contributed by atoms with Gasteiger partial charge in [0.05, 0.1) is 23.6 Å². The van der Waals surface area contributed by atoms with Gasteiger partial charge in [-0.1, -0.05) is 24.4 Å². The molecule has 0 saturated heterocycles. The van der Waals surface area contributed by atoms with E-state index in [1.807, 2.05) is 33.8 Å². The fraction of sp³-hybridized carbons (Fsp3) is 0.481. The number of rotatable bonds is 13. The fourth-order valence-electron chi connectivity index (χ4n) is 4.91. The van der Waals surface area contributed by atoms with Gasteiger partial charge in [0.15, 0.2) is 11.6 Å². The second-order valence-corrected chi connectivity index (χ2v) is 9.89. The van der Waals surface area contributed by atoms with Crippen molar-refractivity contribution in [3.8, 4) is 28.5 Å². The van der Waals surface area contributed by atoms with Crippen LogP contribution in [0, 0.1) is 4.91 Å². The van der Waals surface area contributed by atoms with Gasteiger partial charge in [-0.05, 0) is 56.0 Å². The van der Waals surface area contributed by atoms with E-state index in [1.165, 1.54) is 0 Å². The Bertz CT molecular complexity index is 1230. The summed E-state index contributed by atoms with van der Waals surface area (Å²) in [7, 11) is 1.57. The van der Waals surface area contributed by atoms with Crippen LogP contribution in [-0.2, 0) is 11.3 Å². The van der Waals surface area contributed by atoms with Crippen LogP contribution in [0.25, 0.3) is 22.8 Å². The Morgan fingerprint density at radius 2 is 1.92 bits per heavy atom. The average Bonchev–Trinajstić information content (AvgIpc) is 3.60. The number of benzene rings is 1. The Balaban J connectivity index is 1.54. The molecule has 0 aliphatic heterocycles. The molecule has 3 aromatic rings. The van der Waals surface area contributed by atoms with Gasteiger partial charge in [0.25, 0.3) is 0 Å². The molecule has 0 bridgehead atoms. The average molecular weight is 542 g/mol. The molecule has 1 aliphatic rings. The van der Waals surface area contributed by atoms with Crippen LogP contribution in [0.1, 0.15) is 51.4 Å². The number of hydrogen-bond acceptors (Lipinski definition) is 6. The highest BCUT2D eigenvalue weighted by Crippen LogP contribution is 2.31. The van der Waals surface area contributed by atoms with E-state index in [9.17, 15) is 9.70 Å². The summed E-state index contributed by atoms with van der Waals surface area (Å²) in [6.07, 6.45) is 10.0. The normalized spacial score (nSPS) is 13.5. The van der Waals surface area contributed by atoms with Crippen molar-refractivity contribution in [1.29, 1.82) is 0 Å². The molecule has 11 heteroatoms. The van der Waals surface area contributed by atoms with E-state index in [0.29, 0.717) is 61.2 Å². The lowest BCUT2D eigenvalue weighted by atomic mass is 10.1. The smallest absolute Gasteiger partial charge is 0.248 e. The third-order valence-corrected chi connectivity index (χ3v) is 7.19. The van der Waals surface area contributed by atoms with Crippen LogP contribution < -0.4 is 4.74 Å². The molecule has 38 heavy (non-hydrogen) atoms. The minimum absolute atomic E-state index is 0.0570. The van der Waals surface area contributed by atoms with Crippen molar-refractivity contribution in [3.63, 3.8) is 0 Å². The van der Waals surface area contributed by atoms with Crippen LogP contribution in [0.15, 0.2) is 42.7 Å². The maximum absolute atomic E-state index is 13.3. The standard InChI is InChI=1S/C27H34ClN6O4/c1-38-24-11-10-21(19-23(24)28)27-30-26(20-12-14-29-15-13-20)31-33(27)18-17-32(22-7-4-5-8-22)25(35)9-3-2-6-16-34(36)37/h10-15,19,22H,2-9,16-18H2,1H3,(H,36,37)/q+1. The second-order valence-electron chi connectivity index (χ2n) is 9.48. The summed E-state index contributed by atoms with van der Waals surface area (Å²) in [5, 5.41) is 14.0. The zero-order valence-corrected chi connectivity index (χ0v) is 22.4. The molecule has 10 nitrogen and oxygen atoms in total. The summed E-state index contributed by atoms with van der Waals surface area (Å²) >= 11 is 6.42. The molecule has 1 aromatic carbocycles. The van der Waals surface area contributed by atoms with Crippen LogP contribution in [-0.4, -0.2) is 66.9 Å². The summed E-state index contributed by atoms with van der Waals surface area (Å²) in [6, 6.07) is 9.46. The maximum atomic E-state index is 13.3. The summed E-state index contributed by atoms with van der Waals surface area (Å²) in [5.74, 6) is 1.93. The van der Waals surface area contributed by atoms with E-state index in [4.69, 9.17) is 31.6 Å². The lowest BCUT2D eigenvalue weighted by Crippen LogP contribution is -2.41. The lowest BCUT2D eigenvalue weighted by molar-refractivity contribution is -0.791. The number of halogens is 1. The molecule has 1 saturated carbocycles. The first-order chi connectivity index (χ1) is 18.5. The largest absolute Gasteiger partial charge is 0.495 e. The summed E-state index contributed by atoms with van der Waals surface area (Å²) in [6.45, 7) is 1.06. The Kier molecular flexibility index (Phi) is 9.64. The van der Waals surface area contributed by atoms with E-state index in [0.717, 1.165) is 36.8 Å². The molecule has 0 atom stereocenters. The van der Waals surface area contributed by atoms with Gasteiger partial charge in [0.1, 0.15) is 5.75 Å². The van der Waals surface area contributed by atoms with Crippen molar-refractivity contribution < 1.29 is 19.7 Å². The van der Waals surface area contributed by atoms with E-state index in [-0.39, 0.29) is 23.4 Å². The molecular weight excluding hydrogens is 508 g/mol. The topological polar surface area (TPSA) is 113 Å². The first-order valence-electron chi connectivity index (χ1n) is 13.1. The first kappa shape index (κ1) is 27.5. The SMILES string of the molecule is COc1ccc(-c2nc(-c3ccncc3)nn2CCN(C(=O)CCCCC[N+](=O)O)C2CCCC2)cc1Cl. The molecular formula is C27H34ClN6O4+. The number of aromatic nitrogens is 4. The molecule has 0 unspecified atom stereocenters. The highest BCUT2D eigenvalue weighted by Gasteiger charge is 2.27. The van der Waals surface area contributed by atoms with Crippen molar-refractivity contribution in [3.05, 3.63) is 52.7 Å². The zero-order chi connectivity index (χ0) is 26.9. The Morgan fingerprint density at radius 3 is 2.61 bits per heavy atom. The quantitative estimate of drug-likeness (QED) is 0.234. The van der Waals surface area contributed by atoms with Crippen molar-refractivity contribution in [2.45, 2.75) is 64.0 Å². The monoisotopic (exact) mass is 541 g/mol. The predicted octanol–water partition coefficient (Wildman–Crippen LogP) is 5.17. The predicted molar refractivity (Wildman–Crippen MR) is 143 cm³/mol. The number of nitrogens with zero attached hydrogens (tertiary/aromatic N) is 6. The van der Waals surface area contributed by atoms with E-state index in [1.54, 1.807) is 25.6 Å². The number of pyridine rings is 1. The molecule has 202 valence electrons. The molecule has 4 rings (SSSR count). The Morgan fingerprint density at radius 1 is 1.16 bits per heavy atom. The fourth-order valence-corrected chi connectivity index (χ4v) is 5.17. The number of hydrogen-bond donors (Lipinski definition) is 1. The summed E-state index contributed by atoms with van der Waals surface area (Å²) in [5.41, 5.74) is 1.65. The number of ether oxygens (including phenoxy) is 1. The Labute approximate surface area is 227 Å². The highest BCUT2D eigenvalue weighted by atomic mass is 35.5. The number of carbonyl (C=O) groups excluding carboxylic acids is 1. The lowest BCUT2D eigenvalue weighted by Gasteiger charge is -2.29. The van der Waals surface area contributed by atoms with Crippen LogP contribution in [0.4, 0.5) is 0 Å². The summed E-state index contributed by atoms with van der Waals surface area (Å²) in [4.78, 5) is 34.8. The minimum atomic E-state index is -0.0570. The van der Waals surface area contributed by atoms with Gasteiger partial charge in [-0.15, -0.1) is 0 Å². The van der Waals surface area contributed by atoms with Crippen molar-refractivity contribution in [1.82, 2.24) is 24.6 Å². The molecule has 0 spiro atoms. The first-order valence-corrected chi connectivity index (χ1v) is 13.5. The van der Waals surface area contributed by atoms with Crippen LogP contribution in [0.2, 0.25) is 5.02 Å². The van der Waals surface area contributed by atoms with E-state index < -0.39 is 0 Å². The summed E-state index contributed by atoms with van der Waals surface area (Å²) < 4.78 is 7.15. The molecule has 0 radical (unpaired) electrons. The second kappa shape index (κ2) is 13.3. The molecule has 1 fully saturated rings. The molecule has 1 amide bonds. The van der Waals surface area contributed by atoms with Crippen molar-refractivity contribution in [2.75, 3.05) is 20.2 Å². The van der Waals surface area contributed by atoms with E-state index in [2.05, 4.69) is 4.98 Å². The molecule has 2 aromatic heterocycles. The van der Waals surface area contributed by atoms with Crippen LogP contribution in [0.5, 0.6) is 5.75 Å². The van der Waals surface area contributed by atoms with Gasteiger partial charge in [0, 0.05) is 48.9 Å². The van der Waals surface area contributed by atoms with Crippen LogP contribution >= 0.6 is 11.6 Å². The number of unbranched alkanes of at least 4 members (excludes halogenated alkanes) is 2. The number of carbonyl (C=O) groups is 1. The van der Waals surface area contributed by atoms with Crippen molar-refractivity contribution >= 4 is 17.5 Å². The maximum Gasteiger partial charge on any atom is 0.248 e. The van der Waals surface area contributed by atoms with Crippen LogP contribution in [0.3, 0.4) is 0 Å². The molecule has 1 N–H and O–H groups in total. The zero-order valence-electron chi connectivity index (χ0n) is 21.6. The Hall–Kier alpha value is -3.53. The minimum Gasteiger partial charge on any atom is -0.495 e. The van der Waals surface area contributed by atoms with Gasteiger partial charge in [-0.3, -0.25) is 9.78 Å². The van der Waals surface area contributed by atoms with Gasteiger partial charge >= 0.3 is 0 Å². The third-order valence-electron chi connectivity index (χ3n) is 6.90. The van der Waals surface area contributed by atoms with Gasteiger partial charge in [-0.25, -0.2) is 14.9 Å². The molecule has 2 heterocycles. The number of amides is 1. The van der Waals surface area contributed by atoms with Gasteiger partial charge in [-0.2, -0.15) is 5.10 Å². The number of methoxy groups -OCH3 is 1. The third kappa shape index (κ3) is 7.06. The van der Waals surface area contributed by atoms with E-state index >= 15 is 0 Å². The van der Waals surface area contributed by atoms with Gasteiger partial charge < -0.3 is 9.64 Å².